The molecule has 0 aromatic heterocycles. The number of methoxy groups -OCH3 is 1. The van der Waals surface area contributed by atoms with E-state index in [0.717, 1.165) is 25.1 Å². The third-order valence-corrected chi connectivity index (χ3v) is 4.18. The minimum atomic E-state index is -0.238. The Hall–Kier alpha value is -1.06. The van der Waals surface area contributed by atoms with Crippen molar-refractivity contribution in [2.45, 2.75) is 38.8 Å². The van der Waals surface area contributed by atoms with Gasteiger partial charge in [-0.3, -0.25) is 0 Å². The lowest BCUT2D eigenvalue weighted by Crippen LogP contribution is -2.55. The highest BCUT2D eigenvalue weighted by Crippen LogP contribution is 2.33. The van der Waals surface area contributed by atoms with Crippen molar-refractivity contribution in [3.8, 4) is 5.75 Å². The number of para-hydroxylation sites is 1. The first kappa shape index (κ1) is 13.4. The molecule has 2 unspecified atom stereocenters. The summed E-state index contributed by atoms with van der Waals surface area (Å²) in [6.45, 7) is 5.14. The van der Waals surface area contributed by atoms with Crippen molar-refractivity contribution in [2.24, 2.45) is 5.41 Å². The van der Waals surface area contributed by atoms with E-state index < -0.39 is 0 Å². The maximum Gasteiger partial charge on any atom is 0.122 e. The lowest BCUT2D eigenvalue weighted by atomic mass is 9.73. The molecule has 1 aromatic rings. The summed E-state index contributed by atoms with van der Waals surface area (Å²) in [6.07, 6.45) is 1.47. The Balaban J connectivity index is 2.17. The van der Waals surface area contributed by atoms with Gasteiger partial charge in [0.15, 0.2) is 0 Å². The first-order valence-electron chi connectivity index (χ1n) is 6.59. The number of rotatable bonds is 3. The topological polar surface area (TPSA) is 41.5 Å². The van der Waals surface area contributed by atoms with Crippen LogP contribution in [0.4, 0.5) is 0 Å². The molecule has 2 atom stereocenters. The van der Waals surface area contributed by atoms with Crippen LogP contribution in [0.15, 0.2) is 24.3 Å². The monoisotopic (exact) mass is 249 g/mol. The highest BCUT2D eigenvalue weighted by atomic mass is 16.5. The Bertz CT molecular complexity index is 403. The fraction of sp³-hybridized carbons (Fsp3) is 0.600. The van der Waals surface area contributed by atoms with Gasteiger partial charge in [-0.15, -0.1) is 0 Å². The zero-order valence-corrected chi connectivity index (χ0v) is 11.4. The van der Waals surface area contributed by atoms with Crippen LogP contribution in [0, 0.1) is 5.41 Å². The molecule has 0 saturated carbocycles. The molecule has 2 rings (SSSR count). The Kier molecular flexibility index (Phi) is 3.93. The number of hydrogen-bond donors (Lipinski definition) is 2. The van der Waals surface area contributed by atoms with Crippen molar-refractivity contribution < 1.29 is 9.84 Å². The SMILES string of the molecule is COc1ccccc1CC1NCCC(O)C1(C)C. The molecule has 18 heavy (non-hydrogen) atoms. The van der Waals surface area contributed by atoms with E-state index in [9.17, 15) is 5.11 Å². The van der Waals surface area contributed by atoms with E-state index >= 15 is 0 Å². The third kappa shape index (κ3) is 2.52. The Morgan fingerprint density at radius 3 is 2.83 bits per heavy atom. The first-order chi connectivity index (χ1) is 8.55. The molecule has 1 fully saturated rings. The van der Waals surface area contributed by atoms with Crippen LogP contribution < -0.4 is 10.1 Å². The molecule has 100 valence electrons. The molecular formula is C15H23NO2. The number of aliphatic hydroxyl groups excluding tert-OH is 1. The average molecular weight is 249 g/mol. The van der Waals surface area contributed by atoms with E-state index in [1.54, 1.807) is 7.11 Å². The average Bonchev–Trinajstić information content (AvgIpc) is 2.36. The molecule has 1 aliphatic rings. The molecule has 1 aliphatic heterocycles. The number of hydrogen-bond acceptors (Lipinski definition) is 3. The minimum absolute atomic E-state index is 0.112. The van der Waals surface area contributed by atoms with Crippen molar-refractivity contribution >= 4 is 0 Å². The largest absolute Gasteiger partial charge is 0.496 e. The minimum Gasteiger partial charge on any atom is -0.496 e. The molecule has 0 bridgehead atoms. The fourth-order valence-electron chi connectivity index (χ4n) is 2.69. The van der Waals surface area contributed by atoms with Gasteiger partial charge in [0, 0.05) is 11.5 Å². The zero-order valence-electron chi connectivity index (χ0n) is 11.4. The summed E-state index contributed by atoms with van der Waals surface area (Å²) < 4.78 is 5.39. The van der Waals surface area contributed by atoms with Gasteiger partial charge in [-0.25, -0.2) is 0 Å². The summed E-state index contributed by atoms with van der Waals surface area (Å²) in [5, 5.41) is 13.7. The maximum atomic E-state index is 10.1. The highest BCUT2D eigenvalue weighted by molar-refractivity contribution is 5.34. The van der Waals surface area contributed by atoms with Gasteiger partial charge in [0.2, 0.25) is 0 Å². The highest BCUT2D eigenvalue weighted by Gasteiger charge is 2.39. The van der Waals surface area contributed by atoms with Crippen molar-refractivity contribution in [2.75, 3.05) is 13.7 Å². The van der Waals surface area contributed by atoms with E-state index in [1.807, 2.05) is 18.2 Å². The molecule has 1 aromatic carbocycles. The molecular weight excluding hydrogens is 226 g/mol. The second-order valence-electron chi connectivity index (χ2n) is 5.65. The van der Waals surface area contributed by atoms with Crippen LogP contribution in [0.25, 0.3) is 0 Å². The molecule has 0 aliphatic carbocycles. The van der Waals surface area contributed by atoms with Crippen molar-refractivity contribution in [1.29, 1.82) is 0 Å². The fourth-order valence-corrected chi connectivity index (χ4v) is 2.69. The molecule has 0 radical (unpaired) electrons. The van der Waals surface area contributed by atoms with Gasteiger partial charge in [0.25, 0.3) is 0 Å². The van der Waals surface area contributed by atoms with Crippen LogP contribution in [0.1, 0.15) is 25.8 Å². The molecule has 1 heterocycles. The van der Waals surface area contributed by atoms with Crippen molar-refractivity contribution in [3.05, 3.63) is 29.8 Å². The Labute approximate surface area is 109 Å². The van der Waals surface area contributed by atoms with E-state index in [0.29, 0.717) is 0 Å². The summed E-state index contributed by atoms with van der Waals surface area (Å²) >= 11 is 0. The summed E-state index contributed by atoms with van der Waals surface area (Å²) in [7, 11) is 1.70. The summed E-state index contributed by atoms with van der Waals surface area (Å²) in [5.74, 6) is 0.926. The molecule has 3 heteroatoms. The van der Waals surface area contributed by atoms with E-state index in [-0.39, 0.29) is 17.6 Å². The van der Waals surface area contributed by atoms with E-state index in [4.69, 9.17) is 4.74 Å². The van der Waals surface area contributed by atoms with E-state index in [1.165, 1.54) is 5.56 Å². The molecule has 3 nitrogen and oxygen atoms in total. The van der Waals surface area contributed by atoms with Crippen molar-refractivity contribution in [3.63, 3.8) is 0 Å². The lowest BCUT2D eigenvalue weighted by Gasteiger charge is -2.43. The number of ether oxygens (including phenoxy) is 1. The van der Waals surface area contributed by atoms with Crippen LogP contribution in [0.2, 0.25) is 0 Å². The Morgan fingerprint density at radius 1 is 1.39 bits per heavy atom. The van der Waals surface area contributed by atoms with Crippen LogP contribution >= 0.6 is 0 Å². The van der Waals surface area contributed by atoms with E-state index in [2.05, 4.69) is 25.2 Å². The Morgan fingerprint density at radius 2 is 2.11 bits per heavy atom. The molecule has 0 amide bonds. The second-order valence-corrected chi connectivity index (χ2v) is 5.65. The van der Waals surface area contributed by atoms with Gasteiger partial charge in [0.1, 0.15) is 5.75 Å². The summed E-state index contributed by atoms with van der Waals surface area (Å²) in [6, 6.07) is 8.37. The maximum absolute atomic E-state index is 10.1. The number of benzene rings is 1. The van der Waals surface area contributed by atoms with Gasteiger partial charge in [-0.2, -0.15) is 0 Å². The second kappa shape index (κ2) is 5.29. The summed E-state index contributed by atoms with van der Waals surface area (Å²) in [4.78, 5) is 0. The smallest absolute Gasteiger partial charge is 0.122 e. The van der Waals surface area contributed by atoms with Crippen LogP contribution in [-0.4, -0.2) is 30.9 Å². The van der Waals surface area contributed by atoms with Crippen LogP contribution in [0.3, 0.4) is 0 Å². The number of aliphatic hydroxyl groups is 1. The molecule has 0 spiro atoms. The first-order valence-corrected chi connectivity index (χ1v) is 6.59. The van der Waals surface area contributed by atoms with Crippen LogP contribution in [0.5, 0.6) is 5.75 Å². The predicted octanol–water partition coefficient (Wildman–Crippen LogP) is 1.99. The van der Waals surface area contributed by atoms with Gasteiger partial charge >= 0.3 is 0 Å². The van der Waals surface area contributed by atoms with Gasteiger partial charge in [-0.05, 0) is 31.0 Å². The molecule has 2 N–H and O–H groups in total. The summed E-state index contributed by atoms with van der Waals surface area (Å²) in [5.41, 5.74) is 1.08. The quantitative estimate of drug-likeness (QED) is 0.861. The normalized spacial score (nSPS) is 26.9. The number of nitrogens with one attached hydrogen (secondary N) is 1. The predicted molar refractivity (Wildman–Crippen MR) is 72.9 cm³/mol. The van der Waals surface area contributed by atoms with Gasteiger partial charge in [-0.1, -0.05) is 32.0 Å². The van der Waals surface area contributed by atoms with Gasteiger partial charge < -0.3 is 15.2 Å². The van der Waals surface area contributed by atoms with Gasteiger partial charge in [0.05, 0.1) is 13.2 Å². The lowest BCUT2D eigenvalue weighted by molar-refractivity contribution is -0.00752. The van der Waals surface area contributed by atoms with Crippen molar-refractivity contribution in [1.82, 2.24) is 5.32 Å². The van der Waals surface area contributed by atoms with Crippen LogP contribution in [-0.2, 0) is 6.42 Å². The zero-order chi connectivity index (χ0) is 13.2. The standard InChI is InChI=1S/C15H23NO2/c1-15(2)13(16-9-8-14(15)17)10-11-6-4-5-7-12(11)18-3/h4-7,13-14,16-17H,8-10H2,1-3H3. The molecule has 1 saturated heterocycles. The third-order valence-electron chi connectivity index (χ3n) is 4.18. The number of piperidine rings is 1.